The van der Waals surface area contributed by atoms with Gasteiger partial charge >= 0.3 is 12.0 Å². The molecule has 2 amide bonds. The second kappa shape index (κ2) is 8.80. The van der Waals surface area contributed by atoms with E-state index in [4.69, 9.17) is 4.74 Å². The molecule has 0 aromatic carbocycles. The highest BCUT2D eigenvalue weighted by molar-refractivity contribution is 5.83. The van der Waals surface area contributed by atoms with E-state index >= 15 is 0 Å². The number of nitrogens with one attached hydrogen (secondary N) is 1. The quantitative estimate of drug-likeness (QED) is 0.708. The molecule has 25 heavy (non-hydrogen) atoms. The van der Waals surface area contributed by atoms with Gasteiger partial charge in [-0.1, -0.05) is 0 Å². The number of hydrogen-bond donors (Lipinski definition) is 2. The molecule has 2 N–H and O–H groups in total. The predicted molar refractivity (Wildman–Crippen MR) is 89.6 cm³/mol. The van der Waals surface area contributed by atoms with E-state index in [1.165, 1.54) is 0 Å². The number of ether oxygens (including phenoxy) is 1. The number of hydrogen-bond acceptors (Lipinski definition) is 6. The second-order valence-corrected chi connectivity index (χ2v) is 6.31. The van der Waals surface area contributed by atoms with Gasteiger partial charge in [0.25, 0.3) is 0 Å². The molecule has 0 radical (unpaired) electrons. The fourth-order valence-electron chi connectivity index (χ4n) is 2.92. The lowest BCUT2D eigenvalue weighted by molar-refractivity contribution is -0.144. The van der Waals surface area contributed by atoms with E-state index in [1.807, 2.05) is 11.6 Å². The predicted octanol–water partition coefficient (Wildman–Crippen LogP) is 0.223. The largest absolute Gasteiger partial charge is 0.464 e. The van der Waals surface area contributed by atoms with Gasteiger partial charge in [0.2, 0.25) is 0 Å². The zero-order valence-electron chi connectivity index (χ0n) is 15.1. The molecular formula is C16H27N5O4. The summed E-state index contributed by atoms with van der Waals surface area (Å²) in [5, 5.41) is 19.9. The first-order valence-corrected chi connectivity index (χ1v) is 8.66. The van der Waals surface area contributed by atoms with Gasteiger partial charge < -0.3 is 24.6 Å². The molecule has 1 saturated heterocycles. The fourth-order valence-corrected chi connectivity index (χ4v) is 2.92. The van der Waals surface area contributed by atoms with Crippen LogP contribution in [-0.2, 0) is 29.6 Å². The van der Waals surface area contributed by atoms with Crippen LogP contribution in [0, 0.1) is 5.92 Å². The van der Waals surface area contributed by atoms with Crippen molar-refractivity contribution in [2.45, 2.75) is 45.8 Å². The van der Waals surface area contributed by atoms with E-state index in [-0.39, 0.29) is 12.6 Å². The highest BCUT2D eigenvalue weighted by Gasteiger charge is 2.26. The third-order valence-corrected chi connectivity index (χ3v) is 4.55. The van der Waals surface area contributed by atoms with E-state index in [1.54, 1.807) is 18.7 Å². The number of likely N-dealkylation sites (tertiary alicyclic amines) is 1. The van der Waals surface area contributed by atoms with Crippen LogP contribution in [0.1, 0.15) is 38.3 Å². The van der Waals surface area contributed by atoms with Gasteiger partial charge in [-0.3, -0.25) is 0 Å². The van der Waals surface area contributed by atoms with Crippen LogP contribution in [0.3, 0.4) is 0 Å². The van der Waals surface area contributed by atoms with Crippen molar-refractivity contribution in [2.24, 2.45) is 13.0 Å². The molecule has 0 aliphatic carbocycles. The van der Waals surface area contributed by atoms with Crippen LogP contribution in [-0.4, -0.2) is 62.5 Å². The summed E-state index contributed by atoms with van der Waals surface area (Å²) >= 11 is 0. The normalized spacial score (nSPS) is 16.6. The Kier molecular flexibility index (Phi) is 6.74. The average molecular weight is 353 g/mol. The topological polar surface area (TPSA) is 110 Å². The number of amides is 2. The monoisotopic (exact) mass is 353 g/mol. The molecular weight excluding hydrogens is 326 g/mol. The molecule has 1 aromatic heterocycles. The van der Waals surface area contributed by atoms with Crippen LogP contribution in [0.4, 0.5) is 4.79 Å². The smallest absolute Gasteiger partial charge is 0.328 e. The average Bonchev–Trinajstić information content (AvgIpc) is 2.95. The van der Waals surface area contributed by atoms with Gasteiger partial charge in [0, 0.05) is 26.6 Å². The number of nitrogens with zero attached hydrogens (tertiary/aromatic N) is 4. The second-order valence-electron chi connectivity index (χ2n) is 6.31. The summed E-state index contributed by atoms with van der Waals surface area (Å²) in [4.78, 5) is 25.5. The maximum Gasteiger partial charge on any atom is 0.328 e. The van der Waals surface area contributed by atoms with Crippen LogP contribution in [0.5, 0.6) is 0 Å². The van der Waals surface area contributed by atoms with Crippen LogP contribution in [0.2, 0.25) is 0 Å². The maximum absolute atomic E-state index is 12.2. The Labute approximate surface area is 147 Å². The molecule has 140 valence electrons. The minimum absolute atomic E-state index is 0.124. The number of aliphatic hydroxyl groups is 1. The first-order chi connectivity index (χ1) is 12.0. The van der Waals surface area contributed by atoms with E-state index < -0.39 is 12.0 Å². The maximum atomic E-state index is 12.2. The SMILES string of the molecule is CCOC(=O)C(C)NC(=O)N1CCC(Cc2nnc(CO)n2C)CC1. The van der Waals surface area contributed by atoms with Crippen molar-refractivity contribution in [2.75, 3.05) is 19.7 Å². The Balaban J connectivity index is 1.79. The molecule has 9 nitrogen and oxygen atoms in total. The number of piperidine rings is 1. The Hall–Kier alpha value is -2.16. The zero-order valence-corrected chi connectivity index (χ0v) is 15.1. The summed E-state index contributed by atoms with van der Waals surface area (Å²) in [6, 6.07) is -0.888. The Morgan fingerprint density at radius 2 is 1.96 bits per heavy atom. The Morgan fingerprint density at radius 3 is 2.52 bits per heavy atom. The minimum atomic E-state index is -0.652. The molecule has 1 aliphatic heterocycles. The lowest BCUT2D eigenvalue weighted by atomic mass is 9.93. The fraction of sp³-hybridized carbons (Fsp3) is 0.750. The summed E-state index contributed by atoms with van der Waals surface area (Å²) in [5.41, 5.74) is 0. The number of carbonyl (C=O) groups excluding carboxylic acids is 2. The van der Waals surface area contributed by atoms with Crippen LogP contribution < -0.4 is 5.32 Å². The molecule has 1 aliphatic rings. The van der Waals surface area contributed by atoms with Gasteiger partial charge in [-0.05, 0) is 32.6 Å². The lowest BCUT2D eigenvalue weighted by Crippen LogP contribution is -2.49. The van der Waals surface area contributed by atoms with Crippen molar-refractivity contribution in [1.29, 1.82) is 0 Å². The molecule has 0 bridgehead atoms. The number of rotatable bonds is 6. The molecule has 1 aromatic rings. The van der Waals surface area contributed by atoms with Gasteiger partial charge in [0.05, 0.1) is 6.61 Å². The summed E-state index contributed by atoms with van der Waals surface area (Å²) < 4.78 is 6.71. The van der Waals surface area contributed by atoms with E-state index in [9.17, 15) is 14.7 Å². The summed E-state index contributed by atoms with van der Waals surface area (Å²) in [5.74, 6) is 1.40. The van der Waals surface area contributed by atoms with E-state index in [2.05, 4.69) is 15.5 Å². The molecule has 0 spiro atoms. The summed E-state index contributed by atoms with van der Waals surface area (Å²) in [6.07, 6.45) is 2.50. The van der Waals surface area contributed by atoms with Gasteiger partial charge in [0.1, 0.15) is 18.5 Å². The first-order valence-electron chi connectivity index (χ1n) is 8.66. The molecule has 1 atom stereocenters. The number of aliphatic hydroxyl groups excluding tert-OH is 1. The minimum Gasteiger partial charge on any atom is -0.464 e. The summed E-state index contributed by atoms with van der Waals surface area (Å²) in [7, 11) is 1.85. The van der Waals surface area contributed by atoms with Crippen molar-refractivity contribution in [3.8, 4) is 0 Å². The van der Waals surface area contributed by atoms with Gasteiger partial charge in [0.15, 0.2) is 5.82 Å². The number of urea groups is 1. The van der Waals surface area contributed by atoms with E-state index in [0.29, 0.717) is 31.4 Å². The van der Waals surface area contributed by atoms with E-state index in [0.717, 1.165) is 25.1 Å². The third-order valence-electron chi connectivity index (χ3n) is 4.55. The molecule has 2 rings (SSSR count). The van der Waals surface area contributed by atoms with Crippen molar-refractivity contribution < 1.29 is 19.4 Å². The molecule has 0 saturated carbocycles. The first kappa shape index (κ1) is 19.2. The van der Waals surface area contributed by atoms with Crippen LogP contribution >= 0.6 is 0 Å². The van der Waals surface area contributed by atoms with Crippen molar-refractivity contribution >= 4 is 12.0 Å². The highest BCUT2D eigenvalue weighted by atomic mass is 16.5. The molecule has 2 heterocycles. The molecule has 1 fully saturated rings. The Morgan fingerprint density at radius 1 is 1.32 bits per heavy atom. The van der Waals surface area contributed by atoms with Crippen molar-refractivity contribution in [1.82, 2.24) is 25.0 Å². The highest BCUT2D eigenvalue weighted by Crippen LogP contribution is 2.21. The van der Waals surface area contributed by atoms with Gasteiger partial charge in [-0.2, -0.15) is 0 Å². The Bertz CT molecular complexity index is 595. The van der Waals surface area contributed by atoms with Crippen LogP contribution in [0.15, 0.2) is 0 Å². The number of carbonyl (C=O) groups is 2. The number of aromatic nitrogens is 3. The van der Waals surface area contributed by atoms with Gasteiger partial charge in [-0.25, -0.2) is 9.59 Å². The zero-order chi connectivity index (χ0) is 18.4. The van der Waals surface area contributed by atoms with Crippen molar-refractivity contribution in [3.05, 3.63) is 11.6 Å². The number of esters is 1. The lowest BCUT2D eigenvalue weighted by Gasteiger charge is -2.32. The third kappa shape index (κ3) is 4.91. The molecule has 9 heteroatoms. The standard InChI is InChI=1S/C16H27N5O4/c1-4-25-15(23)11(2)17-16(24)21-7-5-12(6-8-21)9-13-18-19-14(10-22)20(13)3/h11-12,22H,4-10H2,1-3H3,(H,17,24). The van der Waals surface area contributed by atoms with Crippen molar-refractivity contribution in [3.63, 3.8) is 0 Å². The van der Waals surface area contributed by atoms with Crippen LogP contribution in [0.25, 0.3) is 0 Å². The summed E-state index contributed by atoms with van der Waals surface area (Å²) in [6.45, 7) is 4.80. The van der Waals surface area contributed by atoms with Gasteiger partial charge in [-0.15, -0.1) is 10.2 Å². The molecule has 1 unspecified atom stereocenters.